The van der Waals surface area contributed by atoms with E-state index in [-0.39, 0.29) is 30.4 Å². The Morgan fingerprint density at radius 3 is 2.77 bits per heavy atom. The number of nitrogen functional groups attached to an aromatic ring is 1. The minimum absolute atomic E-state index is 0. The number of rotatable bonds is 4. The standard InChI is InChI=1S/C17H21N5O3.ClH/c1-11-17(22(24)25)12(2)21(19-11)10-8-16(23)20-9-4-5-13-14(18)6-3-7-15(13)20;/h3,6-7H,4-5,8-10,18H2,1-2H3;1H. The molecule has 0 saturated carbocycles. The predicted molar refractivity (Wildman–Crippen MR) is 102 cm³/mol. The first-order chi connectivity index (χ1) is 11.9. The molecule has 0 spiro atoms. The molecule has 2 aromatic rings. The third kappa shape index (κ3) is 3.50. The van der Waals surface area contributed by atoms with Gasteiger partial charge in [-0.2, -0.15) is 5.10 Å². The van der Waals surface area contributed by atoms with Crippen LogP contribution in [0.5, 0.6) is 0 Å². The molecule has 0 bridgehead atoms. The van der Waals surface area contributed by atoms with E-state index in [1.807, 2.05) is 18.2 Å². The van der Waals surface area contributed by atoms with Crippen LogP contribution in [0.1, 0.15) is 29.8 Å². The van der Waals surface area contributed by atoms with Crippen LogP contribution in [-0.2, 0) is 17.8 Å². The van der Waals surface area contributed by atoms with Crippen molar-refractivity contribution in [1.29, 1.82) is 0 Å². The Morgan fingerprint density at radius 1 is 1.38 bits per heavy atom. The Kier molecular flexibility index (Phi) is 5.86. The lowest BCUT2D eigenvalue weighted by molar-refractivity contribution is -0.386. The minimum Gasteiger partial charge on any atom is -0.398 e. The quantitative estimate of drug-likeness (QED) is 0.499. The summed E-state index contributed by atoms with van der Waals surface area (Å²) in [7, 11) is 0. The number of anilines is 2. The number of benzene rings is 1. The van der Waals surface area contributed by atoms with Gasteiger partial charge >= 0.3 is 5.69 Å². The van der Waals surface area contributed by atoms with Gasteiger partial charge in [-0.05, 0) is 44.4 Å². The zero-order valence-electron chi connectivity index (χ0n) is 14.8. The number of aromatic nitrogens is 2. The Hall–Kier alpha value is -2.61. The SMILES string of the molecule is Cc1nn(CCC(=O)N2CCCc3c(N)cccc32)c(C)c1[N+](=O)[O-].Cl. The van der Waals surface area contributed by atoms with Gasteiger partial charge in [-0.3, -0.25) is 19.6 Å². The molecule has 0 atom stereocenters. The number of nitrogens with two attached hydrogens (primary N) is 1. The molecule has 1 aliphatic rings. The molecule has 2 heterocycles. The van der Waals surface area contributed by atoms with Crippen LogP contribution in [0.15, 0.2) is 18.2 Å². The van der Waals surface area contributed by atoms with Gasteiger partial charge in [-0.25, -0.2) is 0 Å². The number of hydrogen-bond donors (Lipinski definition) is 1. The Morgan fingerprint density at radius 2 is 2.12 bits per heavy atom. The van der Waals surface area contributed by atoms with Crippen LogP contribution in [0.4, 0.5) is 17.1 Å². The molecule has 26 heavy (non-hydrogen) atoms. The van der Waals surface area contributed by atoms with Crippen LogP contribution in [0.25, 0.3) is 0 Å². The van der Waals surface area contributed by atoms with E-state index < -0.39 is 4.92 Å². The summed E-state index contributed by atoms with van der Waals surface area (Å²) in [5.41, 5.74) is 9.48. The topological polar surface area (TPSA) is 107 Å². The number of amides is 1. The lowest BCUT2D eigenvalue weighted by atomic mass is 9.99. The molecule has 0 aliphatic carbocycles. The third-order valence-corrected chi connectivity index (χ3v) is 4.65. The maximum atomic E-state index is 12.7. The summed E-state index contributed by atoms with van der Waals surface area (Å²) < 4.78 is 1.54. The molecule has 2 N–H and O–H groups in total. The van der Waals surface area contributed by atoms with E-state index in [0.717, 1.165) is 24.1 Å². The fourth-order valence-corrected chi connectivity index (χ4v) is 3.42. The Labute approximate surface area is 157 Å². The van der Waals surface area contributed by atoms with Gasteiger partial charge in [-0.15, -0.1) is 12.4 Å². The van der Waals surface area contributed by atoms with Crippen molar-refractivity contribution in [2.75, 3.05) is 17.2 Å². The predicted octanol–water partition coefficient (Wildman–Crippen LogP) is 2.78. The van der Waals surface area contributed by atoms with Gasteiger partial charge in [0.15, 0.2) is 0 Å². The zero-order valence-corrected chi connectivity index (χ0v) is 15.6. The number of fused-ring (bicyclic) bond motifs is 1. The van der Waals surface area contributed by atoms with Gasteiger partial charge in [0.1, 0.15) is 11.4 Å². The highest BCUT2D eigenvalue weighted by molar-refractivity contribution is 5.95. The Balaban J connectivity index is 0.00000243. The second-order valence-electron chi connectivity index (χ2n) is 6.24. The van der Waals surface area contributed by atoms with Crippen LogP contribution in [0, 0.1) is 24.0 Å². The number of halogens is 1. The number of nitro groups is 1. The largest absolute Gasteiger partial charge is 0.398 e. The summed E-state index contributed by atoms with van der Waals surface area (Å²) in [5.74, 6) is -0.0262. The molecule has 9 heteroatoms. The lowest BCUT2D eigenvalue weighted by Crippen LogP contribution is -2.36. The molecule has 140 valence electrons. The highest BCUT2D eigenvalue weighted by Gasteiger charge is 2.25. The summed E-state index contributed by atoms with van der Waals surface area (Å²) in [5, 5.41) is 15.3. The van der Waals surface area contributed by atoms with Crippen LogP contribution >= 0.6 is 12.4 Å². The maximum absolute atomic E-state index is 12.7. The average molecular weight is 380 g/mol. The molecule has 0 fully saturated rings. The first-order valence-electron chi connectivity index (χ1n) is 8.26. The monoisotopic (exact) mass is 379 g/mol. The van der Waals surface area contributed by atoms with Crippen LogP contribution in [-0.4, -0.2) is 27.2 Å². The van der Waals surface area contributed by atoms with Gasteiger partial charge in [-0.1, -0.05) is 6.07 Å². The molecule has 0 radical (unpaired) electrons. The van der Waals surface area contributed by atoms with Gasteiger partial charge in [0.25, 0.3) is 0 Å². The second kappa shape index (κ2) is 7.74. The smallest absolute Gasteiger partial charge is 0.312 e. The summed E-state index contributed by atoms with van der Waals surface area (Å²) in [6.07, 6.45) is 1.97. The fraction of sp³-hybridized carbons (Fsp3) is 0.412. The first kappa shape index (κ1) is 19.7. The minimum atomic E-state index is -0.431. The zero-order chi connectivity index (χ0) is 18.1. The van der Waals surface area contributed by atoms with Crippen molar-refractivity contribution in [3.05, 3.63) is 45.3 Å². The molecule has 1 amide bonds. The molecule has 1 aromatic carbocycles. The van der Waals surface area contributed by atoms with Crippen molar-refractivity contribution in [3.63, 3.8) is 0 Å². The molecule has 0 saturated heterocycles. The molecular formula is C17H22ClN5O3. The van der Waals surface area contributed by atoms with Gasteiger partial charge in [0, 0.05) is 24.3 Å². The maximum Gasteiger partial charge on any atom is 0.312 e. The van der Waals surface area contributed by atoms with Crippen LogP contribution in [0.3, 0.4) is 0 Å². The van der Waals surface area contributed by atoms with E-state index in [1.165, 1.54) is 4.68 Å². The van der Waals surface area contributed by atoms with Crippen molar-refractivity contribution in [3.8, 4) is 0 Å². The molecule has 1 aromatic heterocycles. The number of aryl methyl sites for hydroxylation is 2. The average Bonchev–Trinajstić information content (AvgIpc) is 2.86. The number of hydrogen-bond acceptors (Lipinski definition) is 5. The van der Waals surface area contributed by atoms with Crippen molar-refractivity contribution < 1.29 is 9.72 Å². The lowest BCUT2D eigenvalue weighted by Gasteiger charge is -2.30. The summed E-state index contributed by atoms with van der Waals surface area (Å²) >= 11 is 0. The second-order valence-corrected chi connectivity index (χ2v) is 6.24. The highest BCUT2D eigenvalue weighted by atomic mass is 35.5. The van der Waals surface area contributed by atoms with Crippen molar-refractivity contribution in [2.45, 2.75) is 39.7 Å². The van der Waals surface area contributed by atoms with E-state index in [9.17, 15) is 14.9 Å². The molecule has 0 unspecified atom stereocenters. The van der Waals surface area contributed by atoms with Crippen LogP contribution < -0.4 is 10.6 Å². The third-order valence-electron chi connectivity index (χ3n) is 4.65. The van der Waals surface area contributed by atoms with Crippen molar-refractivity contribution in [1.82, 2.24) is 9.78 Å². The van der Waals surface area contributed by atoms with E-state index in [2.05, 4.69) is 5.10 Å². The molecule has 8 nitrogen and oxygen atoms in total. The molecule has 3 rings (SSSR count). The van der Waals surface area contributed by atoms with E-state index in [4.69, 9.17) is 5.73 Å². The molecule has 1 aliphatic heterocycles. The number of carbonyl (C=O) groups is 1. The summed E-state index contributed by atoms with van der Waals surface area (Å²) in [4.78, 5) is 25.1. The van der Waals surface area contributed by atoms with Crippen molar-refractivity contribution in [2.24, 2.45) is 0 Å². The highest BCUT2D eigenvalue weighted by Crippen LogP contribution is 2.31. The summed E-state index contributed by atoms with van der Waals surface area (Å²) in [6.45, 7) is 4.23. The van der Waals surface area contributed by atoms with Crippen LogP contribution in [0.2, 0.25) is 0 Å². The number of carbonyl (C=O) groups excluding carboxylic acids is 1. The van der Waals surface area contributed by atoms with Crippen molar-refractivity contribution >= 4 is 35.4 Å². The fourth-order valence-electron chi connectivity index (χ4n) is 3.42. The first-order valence-corrected chi connectivity index (χ1v) is 8.26. The van der Waals surface area contributed by atoms with E-state index in [0.29, 0.717) is 30.2 Å². The van der Waals surface area contributed by atoms with Gasteiger partial charge in [0.05, 0.1) is 11.5 Å². The normalized spacial score (nSPS) is 13.1. The number of nitrogens with zero attached hydrogens (tertiary/aromatic N) is 4. The van der Waals surface area contributed by atoms with E-state index >= 15 is 0 Å². The van der Waals surface area contributed by atoms with Gasteiger partial charge < -0.3 is 10.6 Å². The van der Waals surface area contributed by atoms with E-state index in [1.54, 1.807) is 18.7 Å². The Bertz CT molecular complexity index is 849. The summed E-state index contributed by atoms with van der Waals surface area (Å²) in [6, 6.07) is 5.61. The molecular weight excluding hydrogens is 358 g/mol. The van der Waals surface area contributed by atoms with Gasteiger partial charge in [0.2, 0.25) is 5.91 Å².